The molecule has 4 rings (SSSR count). The molecule has 1 aliphatic rings. The molecule has 1 aromatic carbocycles. The van der Waals surface area contributed by atoms with Gasteiger partial charge < -0.3 is 14.8 Å². The minimum Gasteiger partial charge on any atom is -0.354 e. The van der Waals surface area contributed by atoms with Gasteiger partial charge in [0, 0.05) is 57.1 Å². The van der Waals surface area contributed by atoms with Gasteiger partial charge >= 0.3 is 0 Å². The number of hydrogen-bond donors (Lipinski definition) is 1. The second kappa shape index (κ2) is 12.9. The number of halogens is 1. The highest BCUT2D eigenvalue weighted by atomic mass is 127. The van der Waals surface area contributed by atoms with Crippen molar-refractivity contribution in [3.8, 4) is 0 Å². The Bertz CT molecular complexity index is 934. The molecule has 2 aromatic heterocycles. The lowest BCUT2D eigenvalue weighted by Crippen LogP contribution is -2.52. The number of nitrogens with one attached hydrogen (secondary N) is 1. The summed E-state index contributed by atoms with van der Waals surface area (Å²) in [6.45, 7) is 9.54. The van der Waals surface area contributed by atoms with E-state index >= 15 is 0 Å². The molecule has 0 radical (unpaired) electrons. The second-order valence-electron chi connectivity index (χ2n) is 7.69. The molecular formula is C23H32IN7S. The van der Waals surface area contributed by atoms with Crippen LogP contribution in [0.4, 0.5) is 0 Å². The first kappa shape index (κ1) is 24.7. The molecule has 1 aliphatic heterocycles. The van der Waals surface area contributed by atoms with E-state index in [2.05, 4.69) is 78.6 Å². The summed E-state index contributed by atoms with van der Waals surface area (Å²) in [7, 11) is 0. The summed E-state index contributed by atoms with van der Waals surface area (Å²) in [6, 6.07) is 14.8. The summed E-state index contributed by atoms with van der Waals surface area (Å²) in [6.07, 6.45) is 2.70. The van der Waals surface area contributed by atoms with Crippen molar-refractivity contribution in [2.24, 2.45) is 4.99 Å². The number of thiophene rings is 1. The van der Waals surface area contributed by atoms with Crippen molar-refractivity contribution in [2.75, 3.05) is 32.7 Å². The Morgan fingerprint density at radius 2 is 1.91 bits per heavy atom. The van der Waals surface area contributed by atoms with Gasteiger partial charge in [-0.15, -0.1) is 45.5 Å². The molecule has 0 amide bonds. The predicted octanol–water partition coefficient (Wildman–Crippen LogP) is 3.48. The molecular weight excluding hydrogens is 533 g/mol. The lowest BCUT2D eigenvalue weighted by molar-refractivity contribution is 0.173. The number of hydrogen-bond acceptors (Lipinski definition) is 5. The zero-order chi connectivity index (χ0) is 21.3. The number of nitrogens with zero attached hydrogens (tertiary/aromatic N) is 6. The summed E-state index contributed by atoms with van der Waals surface area (Å²) in [5.41, 5.74) is 1.23. The quantitative estimate of drug-likeness (QED) is 0.258. The van der Waals surface area contributed by atoms with Crippen molar-refractivity contribution in [2.45, 2.75) is 33.0 Å². The molecule has 1 fully saturated rings. The smallest absolute Gasteiger partial charge is 0.194 e. The van der Waals surface area contributed by atoms with Crippen molar-refractivity contribution in [3.63, 3.8) is 0 Å². The number of aryl methyl sites for hydroxylation is 1. The maximum absolute atomic E-state index is 4.95. The van der Waals surface area contributed by atoms with Gasteiger partial charge in [0.05, 0.1) is 6.54 Å². The van der Waals surface area contributed by atoms with Crippen LogP contribution in [0.5, 0.6) is 0 Å². The highest BCUT2D eigenvalue weighted by Crippen LogP contribution is 2.14. The van der Waals surface area contributed by atoms with Gasteiger partial charge in [-0.3, -0.25) is 4.90 Å². The van der Waals surface area contributed by atoms with Crippen LogP contribution >= 0.6 is 35.3 Å². The molecule has 0 bridgehead atoms. The van der Waals surface area contributed by atoms with Gasteiger partial charge in [-0.1, -0.05) is 43.3 Å². The van der Waals surface area contributed by atoms with Crippen LogP contribution in [-0.2, 0) is 26.1 Å². The molecule has 32 heavy (non-hydrogen) atoms. The first-order valence-electron chi connectivity index (χ1n) is 11.0. The van der Waals surface area contributed by atoms with Crippen LogP contribution in [-0.4, -0.2) is 63.2 Å². The van der Waals surface area contributed by atoms with Crippen molar-refractivity contribution in [1.82, 2.24) is 29.9 Å². The van der Waals surface area contributed by atoms with Crippen molar-refractivity contribution < 1.29 is 0 Å². The van der Waals surface area contributed by atoms with E-state index in [1.807, 2.05) is 23.7 Å². The molecule has 0 atom stereocenters. The number of aliphatic imine (C=N–C) groups is 1. The van der Waals surface area contributed by atoms with E-state index in [0.717, 1.165) is 64.0 Å². The topological polar surface area (TPSA) is 61.6 Å². The van der Waals surface area contributed by atoms with Crippen molar-refractivity contribution >= 4 is 41.3 Å². The normalized spacial score (nSPS) is 14.9. The fourth-order valence-corrected chi connectivity index (χ4v) is 4.53. The number of piperazine rings is 1. The number of rotatable bonds is 8. The maximum atomic E-state index is 4.95. The monoisotopic (exact) mass is 565 g/mol. The van der Waals surface area contributed by atoms with Crippen molar-refractivity contribution in [3.05, 3.63) is 70.4 Å². The number of aromatic nitrogens is 3. The van der Waals surface area contributed by atoms with E-state index < -0.39 is 0 Å². The molecule has 0 saturated carbocycles. The molecule has 3 aromatic rings. The molecule has 0 unspecified atom stereocenters. The zero-order valence-corrected chi connectivity index (χ0v) is 21.7. The van der Waals surface area contributed by atoms with Crippen LogP contribution < -0.4 is 5.32 Å². The van der Waals surface area contributed by atoms with Gasteiger partial charge in [0.15, 0.2) is 5.96 Å². The predicted molar refractivity (Wildman–Crippen MR) is 142 cm³/mol. The van der Waals surface area contributed by atoms with Gasteiger partial charge in [-0.2, -0.15) is 0 Å². The van der Waals surface area contributed by atoms with E-state index in [9.17, 15) is 0 Å². The largest absolute Gasteiger partial charge is 0.354 e. The molecule has 1 N–H and O–H groups in total. The molecule has 0 aliphatic carbocycles. The Kier molecular flexibility index (Phi) is 9.94. The third-order valence-electron chi connectivity index (χ3n) is 5.53. The van der Waals surface area contributed by atoms with Crippen LogP contribution in [0.1, 0.15) is 23.2 Å². The molecule has 0 spiro atoms. The van der Waals surface area contributed by atoms with E-state index in [0.29, 0.717) is 6.54 Å². The van der Waals surface area contributed by atoms with Crippen molar-refractivity contribution in [1.29, 1.82) is 0 Å². The minimum atomic E-state index is 0. The summed E-state index contributed by atoms with van der Waals surface area (Å²) in [4.78, 5) is 11.3. The van der Waals surface area contributed by atoms with Gasteiger partial charge in [0.1, 0.15) is 12.2 Å². The van der Waals surface area contributed by atoms with Crippen LogP contribution in [0.2, 0.25) is 0 Å². The van der Waals surface area contributed by atoms with E-state index in [-0.39, 0.29) is 24.0 Å². The molecule has 172 valence electrons. The lowest BCUT2D eigenvalue weighted by Gasteiger charge is -2.36. The van der Waals surface area contributed by atoms with E-state index in [4.69, 9.17) is 4.99 Å². The zero-order valence-electron chi connectivity index (χ0n) is 18.6. The fraction of sp³-hybridized carbons (Fsp3) is 0.435. The van der Waals surface area contributed by atoms with Crippen LogP contribution in [0, 0.1) is 0 Å². The molecule has 3 heterocycles. The Morgan fingerprint density at radius 1 is 1.09 bits per heavy atom. The van der Waals surface area contributed by atoms with Gasteiger partial charge in [-0.25, -0.2) is 4.99 Å². The highest BCUT2D eigenvalue weighted by Gasteiger charge is 2.20. The summed E-state index contributed by atoms with van der Waals surface area (Å²) in [5.74, 6) is 2.01. The maximum Gasteiger partial charge on any atom is 0.194 e. The Balaban J connectivity index is 0.00000289. The molecule has 7 nitrogen and oxygen atoms in total. The fourth-order valence-electron chi connectivity index (χ4n) is 3.79. The van der Waals surface area contributed by atoms with Crippen LogP contribution in [0.3, 0.4) is 0 Å². The highest BCUT2D eigenvalue weighted by molar-refractivity contribution is 14.0. The number of guanidine groups is 1. The Morgan fingerprint density at radius 3 is 2.62 bits per heavy atom. The molecule has 1 saturated heterocycles. The number of benzene rings is 1. The molecule has 9 heteroatoms. The summed E-state index contributed by atoms with van der Waals surface area (Å²) < 4.78 is 2.11. The Labute approximate surface area is 211 Å². The van der Waals surface area contributed by atoms with Gasteiger partial charge in [0.25, 0.3) is 0 Å². The summed E-state index contributed by atoms with van der Waals surface area (Å²) >= 11 is 1.84. The van der Waals surface area contributed by atoms with Crippen LogP contribution in [0.15, 0.2) is 59.2 Å². The third kappa shape index (κ3) is 7.01. The first-order chi connectivity index (χ1) is 15.3. The van der Waals surface area contributed by atoms with E-state index in [1.54, 1.807) is 0 Å². The average Bonchev–Trinajstić information content (AvgIpc) is 3.49. The van der Waals surface area contributed by atoms with Crippen LogP contribution in [0.25, 0.3) is 0 Å². The van der Waals surface area contributed by atoms with E-state index in [1.165, 1.54) is 10.4 Å². The summed E-state index contributed by atoms with van der Waals surface area (Å²) in [5, 5.41) is 14.0. The standard InChI is InChI=1S/C23H31N7S.HI/c1-2-22-27-26-19-30(22)11-10-24-23(25-17-20-7-4-3-5-8-20)29-14-12-28(13-15-29)18-21-9-6-16-31-21;/h3-9,16,19H,2,10-15,17-18H2,1H3,(H,24,25);1H. The lowest BCUT2D eigenvalue weighted by atomic mass is 10.2. The minimum absolute atomic E-state index is 0. The van der Waals surface area contributed by atoms with Gasteiger partial charge in [-0.05, 0) is 17.0 Å². The third-order valence-corrected chi connectivity index (χ3v) is 6.39. The first-order valence-corrected chi connectivity index (χ1v) is 11.9. The second-order valence-corrected chi connectivity index (χ2v) is 8.72. The van der Waals surface area contributed by atoms with Gasteiger partial charge in [0.2, 0.25) is 0 Å². The SMILES string of the molecule is CCc1nncn1CCNC(=NCc1ccccc1)N1CCN(Cc2cccs2)CC1.I. The average molecular weight is 566 g/mol. The Hall–Kier alpha value is -1.98.